The smallest absolute Gasteiger partial charge is 0.315 e. The average Bonchev–Trinajstić information content (AvgIpc) is 2.38. The van der Waals surface area contributed by atoms with Gasteiger partial charge in [0.2, 0.25) is 0 Å². The molecule has 0 saturated heterocycles. The maximum Gasteiger partial charge on any atom is 0.315 e. The molecule has 0 fully saturated rings. The molecule has 1 aromatic carbocycles. The Balaban J connectivity index is 1.80. The summed E-state index contributed by atoms with van der Waals surface area (Å²) in [5.74, 6) is 0.429. The molecule has 1 aliphatic carbocycles. The lowest BCUT2D eigenvalue weighted by atomic mass is 9.78. The third-order valence-corrected chi connectivity index (χ3v) is 4.24. The molecular formula is C17H26N2O2. The first-order valence-corrected chi connectivity index (χ1v) is 7.65. The van der Waals surface area contributed by atoms with Crippen molar-refractivity contribution in [2.75, 3.05) is 13.2 Å². The van der Waals surface area contributed by atoms with Gasteiger partial charge in [-0.1, -0.05) is 45.0 Å². The molecule has 4 heteroatoms. The Morgan fingerprint density at radius 3 is 2.71 bits per heavy atom. The van der Waals surface area contributed by atoms with E-state index < -0.39 is 0 Å². The van der Waals surface area contributed by atoms with Crippen molar-refractivity contribution in [2.24, 2.45) is 5.41 Å². The minimum atomic E-state index is -0.146. The van der Waals surface area contributed by atoms with E-state index in [1.54, 1.807) is 0 Å². The van der Waals surface area contributed by atoms with E-state index >= 15 is 0 Å². The van der Waals surface area contributed by atoms with Crippen LogP contribution in [-0.2, 0) is 6.42 Å². The Kier molecular flexibility index (Phi) is 4.88. The van der Waals surface area contributed by atoms with E-state index in [1.165, 1.54) is 11.1 Å². The highest BCUT2D eigenvalue weighted by Crippen LogP contribution is 2.33. The molecule has 2 atom stereocenters. The summed E-state index contributed by atoms with van der Waals surface area (Å²) in [5, 5.41) is 15.0. The fourth-order valence-corrected chi connectivity index (χ4v) is 2.82. The Bertz CT molecular complexity index is 494. The molecule has 0 radical (unpaired) electrons. The van der Waals surface area contributed by atoms with Gasteiger partial charge in [0.15, 0.2) is 0 Å². The van der Waals surface area contributed by atoms with Crippen molar-refractivity contribution in [1.82, 2.24) is 10.6 Å². The first kappa shape index (κ1) is 15.8. The number of nitrogens with one attached hydrogen (secondary N) is 2. The largest absolute Gasteiger partial charge is 0.396 e. The number of carbonyl (C=O) groups is 1. The van der Waals surface area contributed by atoms with Crippen LogP contribution in [0, 0.1) is 5.41 Å². The van der Waals surface area contributed by atoms with Crippen molar-refractivity contribution in [2.45, 2.75) is 45.6 Å². The fourth-order valence-electron chi connectivity index (χ4n) is 2.82. The van der Waals surface area contributed by atoms with Crippen molar-refractivity contribution >= 4 is 6.03 Å². The zero-order chi connectivity index (χ0) is 15.5. The number of carbonyl (C=O) groups excluding carboxylic acids is 1. The normalized spacial score (nSPS) is 18.4. The Labute approximate surface area is 126 Å². The van der Waals surface area contributed by atoms with Crippen LogP contribution in [-0.4, -0.2) is 30.3 Å². The van der Waals surface area contributed by atoms with Crippen molar-refractivity contribution in [3.63, 3.8) is 0 Å². The summed E-state index contributed by atoms with van der Waals surface area (Å²) in [6, 6.07) is 8.19. The number of aliphatic hydroxyl groups is 1. The predicted octanol–water partition coefficient (Wildman–Crippen LogP) is 2.42. The van der Waals surface area contributed by atoms with Crippen LogP contribution in [0.15, 0.2) is 24.3 Å². The van der Waals surface area contributed by atoms with Gasteiger partial charge >= 0.3 is 6.03 Å². The number of rotatable bonds is 5. The summed E-state index contributed by atoms with van der Waals surface area (Å²) in [4.78, 5) is 12.0. The van der Waals surface area contributed by atoms with Crippen LogP contribution in [0.2, 0.25) is 0 Å². The van der Waals surface area contributed by atoms with Crippen LogP contribution in [0.5, 0.6) is 0 Å². The van der Waals surface area contributed by atoms with E-state index in [0.717, 1.165) is 6.42 Å². The fraction of sp³-hybridized carbons (Fsp3) is 0.588. The lowest BCUT2D eigenvalue weighted by molar-refractivity contribution is 0.189. The van der Waals surface area contributed by atoms with Crippen LogP contribution in [0.4, 0.5) is 4.79 Å². The van der Waals surface area contributed by atoms with Gasteiger partial charge in [0.25, 0.3) is 0 Å². The quantitative estimate of drug-likeness (QED) is 0.780. The van der Waals surface area contributed by atoms with Crippen molar-refractivity contribution in [3.8, 4) is 0 Å². The monoisotopic (exact) mass is 290 g/mol. The number of amides is 2. The van der Waals surface area contributed by atoms with Crippen molar-refractivity contribution in [1.29, 1.82) is 0 Å². The number of hydrogen-bond donors (Lipinski definition) is 3. The van der Waals surface area contributed by atoms with Crippen LogP contribution in [0.1, 0.15) is 44.2 Å². The molecule has 4 nitrogen and oxygen atoms in total. The molecule has 0 saturated carbocycles. The molecule has 21 heavy (non-hydrogen) atoms. The lowest BCUT2D eigenvalue weighted by Crippen LogP contribution is -2.49. The summed E-state index contributed by atoms with van der Waals surface area (Å²) < 4.78 is 0. The molecule has 1 aromatic rings. The molecule has 0 aliphatic heterocycles. The Morgan fingerprint density at radius 1 is 1.38 bits per heavy atom. The van der Waals surface area contributed by atoms with E-state index in [0.29, 0.717) is 18.9 Å². The SMILES string of the molecule is CC(C)(C)[C@@H](CCO)NC(=O)NC[C@H]1Cc2ccccc21. The number of fused-ring (bicyclic) bond motifs is 1. The number of aliphatic hydroxyl groups excluding tert-OH is 1. The van der Waals surface area contributed by atoms with E-state index in [-0.39, 0.29) is 24.1 Å². The van der Waals surface area contributed by atoms with Crippen molar-refractivity contribution in [3.05, 3.63) is 35.4 Å². The lowest BCUT2D eigenvalue weighted by Gasteiger charge is -2.33. The second-order valence-corrected chi connectivity index (χ2v) is 6.89. The number of benzene rings is 1. The summed E-state index contributed by atoms with van der Waals surface area (Å²) in [5.41, 5.74) is 2.67. The topological polar surface area (TPSA) is 61.4 Å². The van der Waals surface area contributed by atoms with E-state index in [4.69, 9.17) is 5.11 Å². The van der Waals surface area contributed by atoms with Gasteiger partial charge in [0, 0.05) is 25.1 Å². The predicted molar refractivity (Wildman–Crippen MR) is 84.4 cm³/mol. The van der Waals surface area contributed by atoms with Crippen molar-refractivity contribution < 1.29 is 9.90 Å². The van der Waals surface area contributed by atoms with Gasteiger partial charge in [0.05, 0.1) is 0 Å². The zero-order valence-corrected chi connectivity index (χ0v) is 13.1. The molecule has 2 rings (SSSR count). The van der Waals surface area contributed by atoms with E-state index in [2.05, 4.69) is 49.6 Å². The van der Waals surface area contributed by atoms with E-state index in [9.17, 15) is 4.79 Å². The van der Waals surface area contributed by atoms with Gasteiger partial charge < -0.3 is 15.7 Å². The Morgan fingerprint density at radius 2 is 2.10 bits per heavy atom. The van der Waals surface area contributed by atoms with Gasteiger partial charge in [-0.05, 0) is 29.4 Å². The van der Waals surface area contributed by atoms with Gasteiger partial charge in [-0.15, -0.1) is 0 Å². The third-order valence-electron chi connectivity index (χ3n) is 4.24. The second-order valence-electron chi connectivity index (χ2n) is 6.89. The van der Waals surface area contributed by atoms with Gasteiger partial charge in [-0.25, -0.2) is 4.79 Å². The second kappa shape index (κ2) is 6.48. The van der Waals surface area contributed by atoms with Crippen LogP contribution >= 0.6 is 0 Å². The molecule has 0 aromatic heterocycles. The summed E-state index contributed by atoms with van der Waals surface area (Å²) >= 11 is 0. The van der Waals surface area contributed by atoms with Crippen LogP contribution < -0.4 is 10.6 Å². The zero-order valence-electron chi connectivity index (χ0n) is 13.1. The standard InChI is InChI=1S/C17H26N2O2/c1-17(2,3)15(8-9-20)19-16(21)18-11-13-10-12-6-4-5-7-14(12)13/h4-7,13,15,20H,8-11H2,1-3H3,(H2,18,19,21)/t13-,15-/m1/s1. The first-order chi connectivity index (χ1) is 9.91. The third kappa shape index (κ3) is 3.97. The van der Waals surface area contributed by atoms with Crippen LogP contribution in [0.3, 0.4) is 0 Å². The van der Waals surface area contributed by atoms with Gasteiger partial charge in [0.1, 0.15) is 0 Å². The minimum absolute atomic E-state index is 0.0313. The average molecular weight is 290 g/mol. The maximum absolute atomic E-state index is 12.0. The molecule has 3 N–H and O–H groups in total. The first-order valence-electron chi connectivity index (χ1n) is 7.65. The minimum Gasteiger partial charge on any atom is -0.396 e. The molecule has 0 spiro atoms. The molecule has 2 amide bonds. The molecule has 0 bridgehead atoms. The molecule has 0 unspecified atom stereocenters. The molecular weight excluding hydrogens is 264 g/mol. The number of hydrogen-bond acceptors (Lipinski definition) is 2. The molecule has 1 aliphatic rings. The maximum atomic E-state index is 12.0. The summed E-state index contributed by atoms with van der Waals surface area (Å²) in [6.45, 7) is 6.94. The molecule has 0 heterocycles. The van der Waals surface area contributed by atoms with E-state index in [1.807, 2.05) is 6.07 Å². The van der Waals surface area contributed by atoms with Gasteiger partial charge in [-0.2, -0.15) is 0 Å². The number of urea groups is 1. The summed E-state index contributed by atoms with van der Waals surface area (Å²) in [6.07, 6.45) is 1.61. The molecule has 116 valence electrons. The highest BCUT2D eigenvalue weighted by Gasteiger charge is 2.28. The highest BCUT2D eigenvalue weighted by atomic mass is 16.3. The van der Waals surface area contributed by atoms with Crippen LogP contribution in [0.25, 0.3) is 0 Å². The highest BCUT2D eigenvalue weighted by molar-refractivity contribution is 5.74. The Hall–Kier alpha value is -1.55. The summed E-state index contributed by atoms with van der Waals surface area (Å²) in [7, 11) is 0. The van der Waals surface area contributed by atoms with Gasteiger partial charge in [-0.3, -0.25) is 0 Å².